The second-order valence-corrected chi connectivity index (χ2v) is 7.03. The van der Waals surface area contributed by atoms with Crippen LogP contribution in [-0.2, 0) is 13.6 Å². The van der Waals surface area contributed by atoms with Crippen LogP contribution in [0.3, 0.4) is 0 Å². The number of piperazine rings is 1. The molecule has 0 amide bonds. The summed E-state index contributed by atoms with van der Waals surface area (Å²) in [5.74, 6) is 0. The monoisotopic (exact) mass is 277 g/mol. The first-order valence-corrected chi connectivity index (χ1v) is 7.67. The molecule has 5 nitrogen and oxygen atoms in total. The van der Waals surface area contributed by atoms with Crippen molar-refractivity contribution in [1.29, 1.82) is 0 Å². The van der Waals surface area contributed by atoms with Crippen LogP contribution in [0.4, 0.5) is 0 Å². The zero-order chi connectivity index (χ0) is 14.3. The van der Waals surface area contributed by atoms with Gasteiger partial charge in [0.1, 0.15) is 0 Å². The van der Waals surface area contributed by atoms with E-state index in [4.69, 9.17) is 0 Å². The second kappa shape index (κ2) is 5.13. The molecule has 2 aliphatic heterocycles. The van der Waals surface area contributed by atoms with Crippen molar-refractivity contribution in [3.63, 3.8) is 0 Å². The summed E-state index contributed by atoms with van der Waals surface area (Å²) in [5.41, 5.74) is 2.92. The normalized spacial score (nSPS) is 25.7. The van der Waals surface area contributed by atoms with E-state index in [0.29, 0.717) is 6.04 Å². The standard InChI is InChI=1S/C15H27N5/c1-15(2,3)20-7-5-19(6-8-20)13-10-16-9-12-14(13)18(4)11-17-12/h11,13,16H,5-10H2,1-4H3. The Labute approximate surface area is 122 Å². The number of nitrogens with one attached hydrogen (secondary N) is 1. The summed E-state index contributed by atoms with van der Waals surface area (Å²) in [6.45, 7) is 13.5. The van der Waals surface area contributed by atoms with E-state index >= 15 is 0 Å². The Kier molecular flexibility index (Phi) is 3.60. The fourth-order valence-electron chi connectivity index (χ4n) is 3.48. The molecule has 20 heavy (non-hydrogen) atoms. The topological polar surface area (TPSA) is 36.3 Å². The first-order valence-electron chi connectivity index (χ1n) is 7.67. The Balaban J connectivity index is 1.72. The van der Waals surface area contributed by atoms with Crippen molar-refractivity contribution < 1.29 is 0 Å². The van der Waals surface area contributed by atoms with Crippen LogP contribution in [0, 0.1) is 0 Å². The number of aromatic nitrogens is 2. The average molecular weight is 277 g/mol. The van der Waals surface area contributed by atoms with Crippen molar-refractivity contribution in [1.82, 2.24) is 24.7 Å². The molecule has 112 valence electrons. The minimum absolute atomic E-state index is 0.286. The number of rotatable bonds is 1. The van der Waals surface area contributed by atoms with Crippen molar-refractivity contribution >= 4 is 0 Å². The van der Waals surface area contributed by atoms with E-state index in [1.54, 1.807) is 0 Å². The van der Waals surface area contributed by atoms with E-state index in [1.165, 1.54) is 11.4 Å². The van der Waals surface area contributed by atoms with E-state index < -0.39 is 0 Å². The van der Waals surface area contributed by atoms with Crippen LogP contribution in [0.25, 0.3) is 0 Å². The first-order chi connectivity index (χ1) is 9.47. The fraction of sp³-hybridized carbons (Fsp3) is 0.800. The molecule has 0 aliphatic carbocycles. The molecule has 1 saturated heterocycles. The van der Waals surface area contributed by atoms with Crippen molar-refractivity contribution in [2.75, 3.05) is 32.7 Å². The lowest BCUT2D eigenvalue weighted by molar-refractivity contribution is 0.0382. The highest BCUT2D eigenvalue weighted by Crippen LogP contribution is 2.28. The molecule has 1 fully saturated rings. The van der Waals surface area contributed by atoms with Crippen molar-refractivity contribution in [3.8, 4) is 0 Å². The van der Waals surface area contributed by atoms with Gasteiger partial charge in [-0.2, -0.15) is 0 Å². The molecule has 0 radical (unpaired) electrons. The van der Waals surface area contributed by atoms with Crippen LogP contribution in [0.1, 0.15) is 38.2 Å². The van der Waals surface area contributed by atoms with Gasteiger partial charge in [-0.1, -0.05) is 0 Å². The summed E-state index contributed by atoms with van der Waals surface area (Å²) >= 11 is 0. The zero-order valence-corrected chi connectivity index (χ0v) is 13.2. The smallest absolute Gasteiger partial charge is 0.0950 e. The maximum Gasteiger partial charge on any atom is 0.0950 e. The van der Waals surface area contributed by atoms with Gasteiger partial charge in [-0.25, -0.2) is 4.98 Å². The summed E-state index contributed by atoms with van der Waals surface area (Å²) in [7, 11) is 2.12. The molecule has 1 N–H and O–H groups in total. The van der Waals surface area contributed by atoms with E-state index in [-0.39, 0.29) is 5.54 Å². The quantitative estimate of drug-likeness (QED) is 0.830. The largest absolute Gasteiger partial charge is 0.336 e. The molecule has 3 rings (SSSR count). The Hall–Kier alpha value is -0.910. The van der Waals surface area contributed by atoms with E-state index in [9.17, 15) is 0 Å². The first kappa shape index (κ1) is 14.0. The van der Waals surface area contributed by atoms with Gasteiger partial charge in [0.25, 0.3) is 0 Å². The Morgan fingerprint density at radius 2 is 1.90 bits per heavy atom. The lowest BCUT2D eigenvalue weighted by Gasteiger charge is -2.45. The van der Waals surface area contributed by atoms with E-state index in [1.807, 2.05) is 6.33 Å². The number of aryl methyl sites for hydroxylation is 1. The number of nitrogens with zero attached hydrogens (tertiary/aromatic N) is 4. The molecule has 1 unspecified atom stereocenters. The number of hydrogen-bond acceptors (Lipinski definition) is 4. The predicted octanol–water partition coefficient (Wildman–Crippen LogP) is 0.980. The van der Waals surface area contributed by atoms with Gasteiger partial charge in [0.2, 0.25) is 0 Å². The summed E-state index contributed by atoms with van der Waals surface area (Å²) in [6, 6.07) is 0.480. The van der Waals surface area contributed by atoms with E-state index in [2.05, 4.69) is 52.5 Å². The molecule has 0 bridgehead atoms. The fourth-order valence-corrected chi connectivity index (χ4v) is 3.48. The predicted molar refractivity (Wildman–Crippen MR) is 80.6 cm³/mol. The molecule has 2 aliphatic rings. The summed E-state index contributed by atoms with van der Waals surface area (Å²) in [4.78, 5) is 9.73. The molecule has 3 heterocycles. The lowest BCUT2D eigenvalue weighted by Crippen LogP contribution is -2.55. The molecular formula is C15H27N5. The molecule has 1 aromatic heterocycles. The highest BCUT2D eigenvalue weighted by molar-refractivity contribution is 5.21. The van der Waals surface area contributed by atoms with Crippen molar-refractivity contribution in [2.24, 2.45) is 7.05 Å². The van der Waals surface area contributed by atoms with Gasteiger partial charge >= 0.3 is 0 Å². The van der Waals surface area contributed by atoms with Crippen LogP contribution in [0.5, 0.6) is 0 Å². The third-order valence-corrected chi connectivity index (χ3v) is 4.71. The molecule has 0 spiro atoms. The highest BCUT2D eigenvalue weighted by Gasteiger charge is 2.33. The Morgan fingerprint density at radius 1 is 1.20 bits per heavy atom. The molecule has 0 saturated carbocycles. The van der Waals surface area contributed by atoms with Crippen molar-refractivity contribution in [2.45, 2.75) is 38.9 Å². The maximum atomic E-state index is 4.52. The molecular weight excluding hydrogens is 250 g/mol. The summed E-state index contributed by atoms with van der Waals surface area (Å²) < 4.78 is 2.21. The van der Waals surface area contributed by atoms with Gasteiger partial charge in [-0.15, -0.1) is 0 Å². The lowest BCUT2D eigenvalue weighted by atomic mass is 10.0. The van der Waals surface area contributed by atoms with Crippen LogP contribution >= 0.6 is 0 Å². The Bertz CT molecular complexity index is 465. The Morgan fingerprint density at radius 3 is 2.55 bits per heavy atom. The molecule has 5 heteroatoms. The van der Waals surface area contributed by atoms with Crippen LogP contribution in [-0.4, -0.2) is 57.6 Å². The second-order valence-electron chi connectivity index (χ2n) is 7.03. The minimum atomic E-state index is 0.286. The van der Waals surface area contributed by atoms with Gasteiger partial charge in [-0.05, 0) is 20.8 Å². The summed E-state index contributed by atoms with van der Waals surface area (Å²) in [5, 5.41) is 3.51. The number of imidazole rings is 1. The highest BCUT2D eigenvalue weighted by atomic mass is 15.3. The van der Waals surface area contributed by atoms with Crippen LogP contribution in [0.2, 0.25) is 0 Å². The molecule has 0 aromatic carbocycles. The summed E-state index contributed by atoms with van der Waals surface area (Å²) in [6.07, 6.45) is 1.95. The number of hydrogen-bond donors (Lipinski definition) is 1. The van der Waals surface area contributed by atoms with Crippen molar-refractivity contribution in [3.05, 3.63) is 17.7 Å². The van der Waals surface area contributed by atoms with Gasteiger partial charge in [-0.3, -0.25) is 9.80 Å². The van der Waals surface area contributed by atoms with E-state index in [0.717, 1.165) is 39.3 Å². The van der Waals surface area contributed by atoms with Gasteiger partial charge in [0, 0.05) is 51.9 Å². The molecule has 1 atom stereocenters. The van der Waals surface area contributed by atoms with Gasteiger partial charge < -0.3 is 9.88 Å². The van der Waals surface area contributed by atoms with Crippen LogP contribution < -0.4 is 5.32 Å². The third-order valence-electron chi connectivity index (χ3n) is 4.71. The SMILES string of the molecule is Cn1cnc2c1C(N1CCN(C(C)(C)C)CC1)CNC2. The minimum Gasteiger partial charge on any atom is -0.336 e. The van der Waals surface area contributed by atoms with Gasteiger partial charge in [0.05, 0.1) is 23.8 Å². The number of fused-ring (bicyclic) bond motifs is 1. The maximum absolute atomic E-state index is 4.52. The van der Waals surface area contributed by atoms with Gasteiger partial charge in [0.15, 0.2) is 0 Å². The zero-order valence-electron chi connectivity index (χ0n) is 13.2. The average Bonchev–Trinajstić information content (AvgIpc) is 2.80. The third kappa shape index (κ3) is 2.50. The molecule has 1 aromatic rings. The van der Waals surface area contributed by atoms with Crippen LogP contribution in [0.15, 0.2) is 6.33 Å².